The highest BCUT2D eigenvalue weighted by atomic mass is 16.5. The lowest BCUT2D eigenvalue weighted by atomic mass is 9.96. The fourth-order valence-electron chi connectivity index (χ4n) is 4.74. The maximum Gasteiger partial charge on any atom is 0.222 e. The summed E-state index contributed by atoms with van der Waals surface area (Å²) in [5.74, 6) is 0.274. The van der Waals surface area contributed by atoms with Crippen LogP contribution in [0.2, 0.25) is 0 Å². The molecule has 1 amide bonds. The van der Waals surface area contributed by atoms with Crippen LogP contribution in [0.1, 0.15) is 69.0 Å². The van der Waals surface area contributed by atoms with Crippen LogP contribution in [-0.4, -0.2) is 55.1 Å². The van der Waals surface area contributed by atoms with Gasteiger partial charge in [-0.3, -0.25) is 9.69 Å². The van der Waals surface area contributed by atoms with Crippen molar-refractivity contribution in [3.05, 3.63) is 71.8 Å². The van der Waals surface area contributed by atoms with Crippen LogP contribution >= 0.6 is 0 Å². The molecule has 174 valence electrons. The Bertz CT molecular complexity index is 733. The average Bonchev–Trinajstić information content (AvgIpc) is 2.85. The normalized spacial score (nSPS) is 15.8. The zero-order valence-electron chi connectivity index (χ0n) is 19.9. The van der Waals surface area contributed by atoms with Gasteiger partial charge in [0.25, 0.3) is 0 Å². The lowest BCUT2D eigenvalue weighted by molar-refractivity contribution is -0.133. The lowest BCUT2D eigenvalue weighted by Crippen LogP contribution is -2.50. The first-order valence-corrected chi connectivity index (χ1v) is 12.4. The van der Waals surface area contributed by atoms with E-state index in [-0.39, 0.29) is 18.1 Å². The minimum Gasteiger partial charge on any atom is -0.381 e. The van der Waals surface area contributed by atoms with E-state index in [4.69, 9.17) is 4.74 Å². The van der Waals surface area contributed by atoms with Gasteiger partial charge < -0.3 is 9.64 Å². The molecule has 0 saturated carbocycles. The van der Waals surface area contributed by atoms with E-state index in [1.807, 2.05) is 4.90 Å². The molecule has 2 aromatic carbocycles. The molecule has 32 heavy (non-hydrogen) atoms. The number of carbonyl (C=O) groups is 1. The van der Waals surface area contributed by atoms with E-state index in [0.717, 1.165) is 39.0 Å². The Hall–Kier alpha value is -2.17. The van der Waals surface area contributed by atoms with E-state index >= 15 is 0 Å². The van der Waals surface area contributed by atoms with E-state index in [2.05, 4.69) is 72.5 Å². The monoisotopic (exact) mass is 436 g/mol. The van der Waals surface area contributed by atoms with Crippen molar-refractivity contribution in [1.29, 1.82) is 0 Å². The fourth-order valence-corrected chi connectivity index (χ4v) is 4.74. The SMILES string of the molecule is CCCCCCC(CCC(=O)N1CCN(C(c2ccccc2)c2ccccc2)CC1)OC. The van der Waals surface area contributed by atoms with E-state index in [1.165, 1.54) is 36.8 Å². The fraction of sp³-hybridized carbons (Fsp3) is 0.536. The van der Waals surface area contributed by atoms with Crippen molar-refractivity contribution >= 4 is 5.91 Å². The van der Waals surface area contributed by atoms with Gasteiger partial charge in [0.15, 0.2) is 0 Å². The van der Waals surface area contributed by atoms with Crippen molar-refractivity contribution in [2.24, 2.45) is 0 Å². The molecule has 1 heterocycles. The van der Waals surface area contributed by atoms with Gasteiger partial charge in [0, 0.05) is 39.7 Å². The molecule has 0 radical (unpaired) electrons. The van der Waals surface area contributed by atoms with E-state index in [0.29, 0.717) is 6.42 Å². The number of unbranched alkanes of at least 4 members (excludes halogenated alkanes) is 3. The molecule has 0 N–H and O–H groups in total. The van der Waals surface area contributed by atoms with E-state index < -0.39 is 0 Å². The molecule has 4 heteroatoms. The van der Waals surface area contributed by atoms with Crippen LogP contribution in [-0.2, 0) is 9.53 Å². The summed E-state index contributed by atoms with van der Waals surface area (Å²) < 4.78 is 5.64. The zero-order chi connectivity index (χ0) is 22.6. The highest BCUT2D eigenvalue weighted by Crippen LogP contribution is 2.29. The molecule has 3 rings (SSSR count). The Balaban J connectivity index is 1.52. The summed E-state index contributed by atoms with van der Waals surface area (Å²) in [5.41, 5.74) is 2.62. The van der Waals surface area contributed by atoms with Gasteiger partial charge in [-0.05, 0) is 24.0 Å². The molecule has 0 spiro atoms. The van der Waals surface area contributed by atoms with Gasteiger partial charge in [0.2, 0.25) is 5.91 Å². The summed E-state index contributed by atoms with van der Waals surface area (Å²) >= 11 is 0. The largest absolute Gasteiger partial charge is 0.381 e. The molecule has 1 unspecified atom stereocenters. The molecule has 1 atom stereocenters. The summed E-state index contributed by atoms with van der Waals surface area (Å²) in [4.78, 5) is 17.4. The second kappa shape index (κ2) is 13.4. The molecule has 1 fully saturated rings. The first kappa shape index (κ1) is 24.5. The molecular formula is C28H40N2O2. The van der Waals surface area contributed by atoms with E-state index in [1.54, 1.807) is 7.11 Å². The summed E-state index contributed by atoms with van der Waals surface area (Å²) in [5, 5.41) is 0. The van der Waals surface area contributed by atoms with Crippen LogP contribution in [0, 0.1) is 0 Å². The van der Waals surface area contributed by atoms with Crippen LogP contribution in [0.15, 0.2) is 60.7 Å². The van der Waals surface area contributed by atoms with Gasteiger partial charge in [0.05, 0.1) is 12.1 Å². The highest BCUT2D eigenvalue weighted by Gasteiger charge is 2.28. The molecule has 1 saturated heterocycles. The number of nitrogens with zero attached hydrogens (tertiary/aromatic N) is 2. The van der Waals surface area contributed by atoms with Gasteiger partial charge in [-0.2, -0.15) is 0 Å². The summed E-state index contributed by atoms with van der Waals surface area (Å²) in [7, 11) is 1.78. The van der Waals surface area contributed by atoms with Crippen LogP contribution in [0.5, 0.6) is 0 Å². The number of hydrogen-bond donors (Lipinski definition) is 0. The van der Waals surface area contributed by atoms with Gasteiger partial charge in [-0.15, -0.1) is 0 Å². The van der Waals surface area contributed by atoms with E-state index in [9.17, 15) is 4.79 Å². The van der Waals surface area contributed by atoms with Crippen LogP contribution < -0.4 is 0 Å². The number of carbonyl (C=O) groups excluding carboxylic acids is 1. The first-order valence-electron chi connectivity index (χ1n) is 12.4. The molecular weight excluding hydrogens is 396 g/mol. The quantitative estimate of drug-likeness (QED) is 0.401. The van der Waals surface area contributed by atoms with Crippen molar-refractivity contribution in [2.45, 2.75) is 64.0 Å². The molecule has 4 nitrogen and oxygen atoms in total. The number of rotatable bonds is 12. The average molecular weight is 437 g/mol. The molecule has 1 aliphatic rings. The Morgan fingerprint density at radius 3 is 1.97 bits per heavy atom. The predicted molar refractivity (Wildman–Crippen MR) is 132 cm³/mol. The second-order valence-corrected chi connectivity index (χ2v) is 8.89. The molecule has 0 aliphatic carbocycles. The Morgan fingerprint density at radius 1 is 0.844 bits per heavy atom. The third-order valence-corrected chi connectivity index (χ3v) is 6.66. The molecule has 1 aliphatic heterocycles. The number of amides is 1. The zero-order valence-corrected chi connectivity index (χ0v) is 19.9. The van der Waals surface area contributed by atoms with Crippen molar-refractivity contribution in [3.8, 4) is 0 Å². The van der Waals surface area contributed by atoms with Crippen molar-refractivity contribution < 1.29 is 9.53 Å². The Morgan fingerprint density at radius 2 is 1.44 bits per heavy atom. The third-order valence-electron chi connectivity index (χ3n) is 6.66. The Labute approximate surface area is 194 Å². The standard InChI is InChI=1S/C28H40N2O2/c1-3-4-5-12-17-26(32-2)18-19-27(31)29-20-22-30(23-21-29)28(24-13-8-6-9-14-24)25-15-10-7-11-16-25/h6-11,13-16,26,28H,3-5,12,17-23H2,1-2H3. The number of ether oxygens (including phenoxy) is 1. The number of piperazine rings is 1. The summed E-state index contributed by atoms with van der Waals surface area (Å²) in [6.45, 7) is 5.61. The Kier molecular flexibility index (Phi) is 10.2. The van der Waals surface area contributed by atoms with Crippen LogP contribution in [0.3, 0.4) is 0 Å². The number of benzene rings is 2. The van der Waals surface area contributed by atoms with Crippen LogP contribution in [0.25, 0.3) is 0 Å². The number of methoxy groups -OCH3 is 1. The minimum absolute atomic E-state index is 0.206. The molecule has 0 aromatic heterocycles. The topological polar surface area (TPSA) is 32.8 Å². The first-order chi connectivity index (χ1) is 15.7. The van der Waals surface area contributed by atoms with Crippen molar-refractivity contribution in [3.63, 3.8) is 0 Å². The molecule has 0 bridgehead atoms. The highest BCUT2D eigenvalue weighted by molar-refractivity contribution is 5.76. The van der Waals surface area contributed by atoms with Crippen molar-refractivity contribution in [1.82, 2.24) is 9.80 Å². The lowest BCUT2D eigenvalue weighted by Gasteiger charge is -2.40. The summed E-state index contributed by atoms with van der Waals surface area (Å²) in [6.07, 6.45) is 7.68. The van der Waals surface area contributed by atoms with Gasteiger partial charge in [0.1, 0.15) is 0 Å². The van der Waals surface area contributed by atoms with Crippen LogP contribution in [0.4, 0.5) is 0 Å². The van der Waals surface area contributed by atoms with Gasteiger partial charge >= 0.3 is 0 Å². The van der Waals surface area contributed by atoms with Gasteiger partial charge in [-0.25, -0.2) is 0 Å². The maximum atomic E-state index is 12.9. The minimum atomic E-state index is 0.206. The summed E-state index contributed by atoms with van der Waals surface area (Å²) in [6, 6.07) is 21.6. The van der Waals surface area contributed by atoms with Crippen molar-refractivity contribution in [2.75, 3.05) is 33.3 Å². The smallest absolute Gasteiger partial charge is 0.222 e. The predicted octanol–water partition coefficient (Wildman–Crippen LogP) is 5.69. The van der Waals surface area contributed by atoms with Gasteiger partial charge in [-0.1, -0.05) is 93.3 Å². The number of hydrogen-bond acceptors (Lipinski definition) is 3. The molecule has 2 aromatic rings. The second-order valence-electron chi connectivity index (χ2n) is 8.89. The maximum absolute atomic E-state index is 12.9. The third kappa shape index (κ3) is 7.18.